The van der Waals surface area contributed by atoms with Crippen molar-refractivity contribution in [3.8, 4) is 16.9 Å². The van der Waals surface area contributed by atoms with Gasteiger partial charge in [-0.25, -0.2) is 0 Å². The van der Waals surface area contributed by atoms with E-state index in [0.717, 1.165) is 5.56 Å². The minimum Gasteiger partial charge on any atom is -0.495 e. The number of carbonyl (C=O) groups excluding carboxylic acids is 3. The second kappa shape index (κ2) is 12.4. The summed E-state index contributed by atoms with van der Waals surface area (Å²) in [5.74, 6) is -0.571. The van der Waals surface area contributed by atoms with Crippen LogP contribution in [-0.2, 0) is 11.2 Å². The predicted molar refractivity (Wildman–Crippen MR) is 155 cm³/mol. The van der Waals surface area contributed by atoms with Crippen molar-refractivity contribution in [3.05, 3.63) is 117 Å². The molecule has 0 radical (unpaired) electrons. The highest BCUT2D eigenvalue weighted by molar-refractivity contribution is 6.31. The third kappa shape index (κ3) is 6.30. The molecule has 0 saturated carbocycles. The van der Waals surface area contributed by atoms with Gasteiger partial charge in [0.2, 0.25) is 5.91 Å². The molecule has 0 fully saturated rings. The number of methoxy groups -OCH3 is 1. The maximum Gasteiger partial charge on any atom is 0.252 e. The van der Waals surface area contributed by atoms with Gasteiger partial charge in [0.05, 0.1) is 13.3 Å². The van der Waals surface area contributed by atoms with E-state index < -0.39 is 17.5 Å². The van der Waals surface area contributed by atoms with Gasteiger partial charge in [0.25, 0.3) is 11.5 Å². The molecule has 2 N–H and O–H groups in total. The van der Waals surface area contributed by atoms with Gasteiger partial charge < -0.3 is 15.4 Å². The molecule has 0 unspecified atom stereocenters. The number of Topliss-reactive ketones (excluding diaryl/α,β-unsaturated/α-hetero) is 1. The summed E-state index contributed by atoms with van der Waals surface area (Å²) >= 11 is 6.22. The van der Waals surface area contributed by atoms with Crippen LogP contribution in [-0.4, -0.2) is 36.3 Å². The third-order valence-corrected chi connectivity index (χ3v) is 6.70. The van der Waals surface area contributed by atoms with Crippen LogP contribution in [0.5, 0.6) is 5.75 Å². The maximum atomic E-state index is 13.6. The van der Waals surface area contributed by atoms with Gasteiger partial charge in [0.1, 0.15) is 11.8 Å². The van der Waals surface area contributed by atoms with Crippen molar-refractivity contribution in [2.75, 3.05) is 19.5 Å². The lowest BCUT2D eigenvalue weighted by molar-refractivity contribution is -0.119. The highest BCUT2D eigenvalue weighted by Crippen LogP contribution is 2.34. The molecule has 0 aliphatic heterocycles. The van der Waals surface area contributed by atoms with Crippen LogP contribution in [0.1, 0.15) is 39.2 Å². The number of nitrogens with zero attached hydrogens (tertiary/aromatic N) is 1. The molecule has 3 aromatic carbocycles. The van der Waals surface area contributed by atoms with Crippen LogP contribution in [0.15, 0.2) is 89.9 Å². The second-order valence-electron chi connectivity index (χ2n) is 9.10. The zero-order valence-electron chi connectivity index (χ0n) is 22.2. The molecule has 9 heteroatoms. The molecule has 0 aliphatic rings. The minimum absolute atomic E-state index is 0.193. The Morgan fingerprint density at radius 3 is 2.27 bits per heavy atom. The number of benzene rings is 3. The molecule has 1 heterocycles. The lowest BCUT2D eigenvalue weighted by Gasteiger charge is -2.22. The van der Waals surface area contributed by atoms with Crippen LogP contribution in [0.3, 0.4) is 0 Å². The molecular weight excluding hydrogens is 530 g/mol. The number of nitrogens with one attached hydrogen (secondary N) is 2. The van der Waals surface area contributed by atoms with Crippen molar-refractivity contribution >= 4 is 34.9 Å². The number of ketones is 1. The molecule has 1 atom stereocenters. The van der Waals surface area contributed by atoms with E-state index >= 15 is 0 Å². The van der Waals surface area contributed by atoms with E-state index in [9.17, 15) is 19.2 Å². The van der Waals surface area contributed by atoms with Crippen LogP contribution in [0, 0.1) is 0 Å². The van der Waals surface area contributed by atoms with E-state index in [-0.39, 0.29) is 18.1 Å². The molecule has 0 saturated heterocycles. The van der Waals surface area contributed by atoms with Gasteiger partial charge in [-0.15, -0.1) is 0 Å². The maximum absolute atomic E-state index is 13.6. The van der Waals surface area contributed by atoms with Gasteiger partial charge in [-0.2, -0.15) is 0 Å². The standard InChI is InChI=1S/C31H28ClN3O5/c1-19(36)24-14-11-22(32)16-25(24)26-17-29(37)35(18-28(26)40-3)27(15-20-7-5-4-6-8-20)31(39)34-23-12-9-21(10-13-23)30(38)33-2/h4-14,16-18,27H,15H2,1-3H3,(H,33,38)(H,34,39)/t27-/m0/s1. The Morgan fingerprint density at radius 1 is 0.950 bits per heavy atom. The minimum atomic E-state index is -0.942. The van der Waals surface area contributed by atoms with E-state index in [1.54, 1.807) is 42.5 Å². The van der Waals surface area contributed by atoms with Gasteiger partial charge in [0, 0.05) is 46.9 Å². The molecule has 204 valence electrons. The van der Waals surface area contributed by atoms with Crippen LogP contribution < -0.4 is 20.9 Å². The molecule has 0 bridgehead atoms. The highest BCUT2D eigenvalue weighted by Gasteiger charge is 2.25. The number of amides is 2. The van der Waals surface area contributed by atoms with E-state index in [4.69, 9.17) is 16.3 Å². The number of rotatable bonds is 9. The second-order valence-corrected chi connectivity index (χ2v) is 9.53. The first-order chi connectivity index (χ1) is 19.2. The van der Waals surface area contributed by atoms with Crippen LogP contribution in [0.2, 0.25) is 5.02 Å². The van der Waals surface area contributed by atoms with Crippen LogP contribution >= 0.6 is 11.6 Å². The van der Waals surface area contributed by atoms with Crippen molar-refractivity contribution in [2.24, 2.45) is 0 Å². The average Bonchev–Trinajstić information content (AvgIpc) is 2.96. The van der Waals surface area contributed by atoms with Crippen molar-refractivity contribution in [1.29, 1.82) is 0 Å². The number of carbonyl (C=O) groups is 3. The average molecular weight is 558 g/mol. The van der Waals surface area contributed by atoms with Gasteiger partial charge in [0.15, 0.2) is 5.78 Å². The number of anilines is 1. The van der Waals surface area contributed by atoms with E-state index in [0.29, 0.717) is 38.7 Å². The monoisotopic (exact) mass is 557 g/mol. The quantitative estimate of drug-likeness (QED) is 0.276. The van der Waals surface area contributed by atoms with E-state index in [1.807, 2.05) is 30.3 Å². The molecular formula is C31H28ClN3O5. The van der Waals surface area contributed by atoms with Crippen molar-refractivity contribution in [3.63, 3.8) is 0 Å². The summed E-state index contributed by atoms with van der Waals surface area (Å²) in [6, 6.07) is 21.0. The Kier molecular flexibility index (Phi) is 8.81. The van der Waals surface area contributed by atoms with Gasteiger partial charge >= 0.3 is 0 Å². The van der Waals surface area contributed by atoms with Gasteiger partial charge in [-0.05, 0) is 60.5 Å². The van der Waals surface area contributed by atoms with Crippen molar-refractivity contribution in [2.45, 2.75) is 19.4 Å². The Labute approximate surface area is 236 Å². The summed E-state index contributed by atoms with van der Waals surface area (Å²) in [5, 5.41) is 5.80. The fourth-order valence-electron chi connectivity index (χ4n) is 4.42. The van der Waals surface area contributed by atoms with Crippen LogP contribution in [0.25, 0.3) is 11.1 Å². The number of aromatic nitrogens is 1. The summed E-state index contributed by atoms with van der Waals surface area (Å²) in [4.78, 5) is 51.4. The Bertz CT molecular complexity index is 1610. The topological polar surface area (TPSA) is 106 Å². The normalized spacial score (nSPS) is 11.4. The largest absolute Gasteiger partial charge is 0.495 e. The lowest BCUT2D eigenvalue weighted by atomic mass is 9.97. The van der Waals surface area contributed by atoms with Gasteiger partial charge in [-0.1, -0.05) is 41.9 Å². The molecule has 8 nitrogen and oxygen atoms in total. The van der Waals surface area contributed by atoms with E-state index in [2.05, 4.69) is 10.6 Å². The lowest BCUT2D eigenvalue weighted by Crippen LogP contribution is -2.34. The number of hydrogen-bond donors (Lipinski definition) is 2. The Hall–Kier alpha value is -4.69. The molecule has 1 aromatic heterocycles. The smallest absolute Gasteiger partial charge is 0.252 e. The van der Waals surface area contributed by atoms with Crippen molar-refractivity contribution < 1.29 is 19.1 Å². The first-order valence-electron chi connectivity index (χ1n) is 12.5. The zero-order chi connectivity index (χ0) is 28.8. The SMILES string of the molecule is CNC(=O)c1ccc(NC(=O)[C@H](Cc2ccccc2)n2cc(OC)c(-c3cc(Cl)ccc3C(C)=O)cc2=O)cc1. The fraction of sp³-hybridized carbons (Fsp3) is 0.161. The highest BCUT2D eigenvalue weighted by atomic mass is 35.5. The number of ether oxygens (including phenoxy) is 1. The third-order valence-electron chi connectivity index (χ3n) is 6.47. The summed E-state index contributed by atoms with van der Waals surface area (Å²) in [7, 11) is 2.99. The fourth-order valence-corrected chi connectivity index (χ4v) is 4.59. The summed E-state index contributed by atoms with van der Waals surface area (Å²) < 4.78 is 6.95. The molecule has 0 aliphatic carbocycles. The Balaban J connectivity index is 1.77. The number of hydrogen-bond acceptors (Lipinski definition) is 5. The Morgan fingerprint density at radius 2 is 1.65 bits per heavy atom. The van der Waals surface area contributed by atoms with Crippen molar-refractivity contribution in [1.82, 2.24) is 9.88 Å². The van der Waals surface area contributed by atoms with Crippen LogP contribution in [0.4, 0.5) is 5.69 Å². The zero-order valence-corrected chi connectivity index (χ0v) is 23.0. The van der Waals surface area contributed by atoms with E-state index in [1.165, 1.54) is 37.9 Å². The first-order valence-corrected chi connectivity index (χ1v) is 12.9. The number of halogens is 1. The molecule has 2 amide bonds. The molecule has 40 heavy (non-hydrogen) atoms. The predicted octanol–water partition coefficient (Wildman–Crippen LogP) is 5.16. The number of pyridine rings is 1. The molecule has 0 spiro atoms. The summed E-state index contributed by atoms with van der Waals surface area (Å²) in [6.45, 7) is 1.43. The molecule has 4 rings (SSSR count). The molecule has 4 aromatic rings. The summed E-state index contributed by atoms with van der Waals surface area (Å²) in [6.07, 6.45) is 1.70. The van der Waals surface area contributed by atoms with Gasteiger partial charge in [-0.3, -0.25) is 23.7 Å². The summed E-state index contributed by atoms with van der Waals surface area (Å²) in [5.41, 5.74) is 2.54. The first kappa shape index (κ1) is 28.3.